The van der Waals surface area contributed by atoms with Gasteiger partial charge in [-0.3, -0.25) is 9.79 Å². The van der Waals surface area contributed by atoms with Crippen molar-refractivity contribution in [2.75, 3.05) is 33.4 Å². The molecule has 39 heavy (non-hydrogen) atoms. The monoisotopic (exact) mass is 531 g/mol. The molecule has 0 radical (unpaired) electrons. The van der Waals surface area contributed by atoms with Crippen LogP contribution in [0.1, 0.15) is 80.3 Å². The highest BCUT2D eigenvalue weighted by atomic mass is 16.5. The summed E-state index contributed by atoms with van der Waals surface area (Å²) in [4.78, 5) is 20.1. The lowest BCUT2D eigenvalue weighted by Crippen LogP contribution is -2.43. The summed E-state index contributed by atoms with van der Waals surface area (Å²) in [5.74, 6) is 4.29. The number of rotatable bonds is 9. The highest BCUT2D eigenvalue weighted by Crippen LogP contribution is 2.29. The molecule has 3 fully saturated rings. The SMILES string of the molecule is CC(C)=C/C(=C1/NC(NCC2CCC2)=CC(=NCC2CCOCC2)N1C)c1ccc(C(=O)NC2CC2)c(C)c1. The number of ether oxygens (including phenoxy) is 1. The first kappa shape index (κ1) is 27.5. The largest absolute Gasteiger partial charge is 0.381 e. The lowest BCUT2D eigenvalue weighted by molar-refractivity contribution is 0.0689. The Kier molecular flexibility index (Phi) is 8.75. The quantitative estimate of drug-likeness (QED) is 0.413. The van der Waals surface area contributed by atoms with Crippen LogP contribution in [0.25, 0.3) is 5.57 Å². The first-order chi connectivity index (χ1) is 18.9. The zero-order valence-corrected chi connectivity index (χ0v) is 24.1. The first-order valence-corrected chi connectivity index (χ1v) is 14.8. The van der Waals surface area contributed by atoms with Crippen molar-refractivity contribution in [2.24, 2.45) is 16.8 Å². The lowest BCUT2D eigenvalue weighted by atomic mass is 9.85. The smallest absolute Gasteiger partial charge is 0.251 e. The number of benzene rings is 1. The van der Waals surface area contributed by atoms with E-state index in [0.717, 1.165) is 97.6 Å². The molecule has 2 saturated carbocycles. The summed E-state index contributed by atoms with van der Waals surface area (Å²) < 4.78 is 5.56. The van der Waals surface area contributed by atoms with Gasteiger partial charge in [-0.25, -0.2) is 0 Å². The van der Waals surface area contributed by atoms with Crippen LogP contribution in [-0.2, 0) is 4.74 Å². The molecule has 0 atom stereocenters. The number of hydrogen-bond donors (Lipinski definition) is 3. The molecule has 210 valence electrons. The van der Waals surface area contributed by atoms with Crippen LogP contribution >= 0.6 is 0 Å². The maximum absolute atomic E-state index is 12.8. The number of carbonyl (C=O) groups excluding carboxylic acids is 1. The minimum absolute atomic E-state index is 0.0267. The summed E-state index contributed by atoms with van der Waals surface area (Å²) in [6, 6.07) is 6.52. The summed E-state index contributed by atoms with van der Waals surface area (Å²) in [6.07, 6.45) is 12.6. The van der Waals surface area contributed by atoms with Crippen LogP contribution in [0, 0.1) is 18.8 Å². The summed E-state index contributed by atoms with van der Waals surface area (Å²) in [6.45, 7) is 9.73. The zero-order chi connectivity index (χ0) is 27.4. The van der Waals surface area contributed by atoms with Crippen LogP contribution < -0.4 is 16.0 Å². The fraction of sp³-hybridized carbons (Fsp3) is 0.562. The number of amidine groups is 1. The molecule has 7 nitrogen and oxygen atoms in total. The molecule has 0 unspecified atom stereocenters. The van der Waals surface area contributed by atoms with E-state index in [9.17, 15) is 4.79 Å². The Hall–Kier alpha value is -3.06. The van der Waals surface area contributed by atoms with E-state index in [4.69, 9.17) is 9.73 Å². The number of allylic oxidation sites excluding steroid dienone is 3. The van der Waals surface area contributed by atoms with Gasteiger partial charge in [0.25, 0.3) is 5.91 Å². The van der Waals surface area contributed by atoms with Gasteiger partial charge in [-0.1, -0.05) is 30.2 Å². The van der Waals surface area contributed by atoms with E-state index in [1.54, 1.807) is 0 Å². The highest BCUT2D eigenvalue weighted by molar-refractivity contribution is 5.98. The fourth-order valence-electron chi connectivity index (χ4n) is 5.34. The maximum Gasteiger partial charge on any atom is 0.251 e. The predicted octanol–water partition coefficient (Wildman–Crippen LogP) is 5.11. The van der Waals surface area contributed by atoms with E-state index in [1.807, 2.05) is 13.0 Å². The topological polar surface area (TPSA) is 78.0 Å². The second kappa shape index (κ2) is 12.4. The van der Waals surface area contributed by atoms with E-state index >= 15 is 0 Å². The Morgan fingerprint density at radius 3 is 2.54 bits per heavy atom. The Labute approximate surface area is 233 Å². The molecule has 0 spiro atoms. The van der Waals surface area contributed by atoms with Crippen LogP contribution in [0.2, 0.25) is 0 Å². The van der Waals surface area contributed by atoms with Crippen LogP contribution in [0.5, 0.6) is 0 Å². The van der Waals surface area contributed by atoms with Gasteiger partial charge >= 0.3 is 0 Å². The van der Waals surface area contributed by atoms with Gasteiger partial charge in [-0.15, -0.1) is 0 Å². The number of aliphatic imine (C=N–C) groups is 1. The molecule has 3 N–H and O–H groups in total. The average molecular weight is 532 g/mol. The minimum Gasteiger partial charge on any atom is -0.381 e. The van der Waals surface area contributed by atoms with Gasteiger partial charge in [0, 0.05) is 56.6 Å². The third-order valence-electron chi connectivity index (χ3n) is 8.25. The van der Waals surface area contributed by atoms with Gasteiger partial charge in [-0.05, 0) is 88.3 Å². The molecule has 0 bridgehead atoms. The third-order valence-corrected chi connectivity index (χ3v) is 8.25. The Morgan fingerprint density at radius 1 is 1.13 bits per heavy atom. The molecule has 5 rings (SSSR count). The molecule has 1 amide bonds. The van der Waals surface area contributed by atoms with Gasteiger partial charge in [0.1, 0.15) is 17.5 Å². The third kappa shape index (κ3) is 7.13. The first-order valence-electron chi connectivity index (χ1n) is 14.8. The second-order valence-corrected chi connectivity index (χ2v) is 11.9. The van der Waals surface area contributed by atoms with Gasteiger partial charge < -0.3 is 25.6 Å². The Morgan fingerprint density at radius 2 is 1.90 bits per heavy atom. The minimum atomic E-state index is 0.0267. The maximum atomic E-state index is 12.8. The van der Waals surface area contributed by atoms with Crippen molar-refractivity contribution in [3.8, 4) is 0 Å². The van der Waals surface area contributed by atoms with Crippen LogP contribution in [0.3, 0.4) is 0 Å². The molecule has 2 aliphatic heterocycles. The van der Waals surface area contributed by atoms with E-state index in [1.165, 1.54) is 24.8 Å². The molecule has 1 aromatic rings. The number of carbonyl (C=O) groups is 1. The van der Waals surface area contributed by atoms with Crippen molar-refractivity contribution < 1.29 is 9.53 Å². The molecular weight excluding hydrogens is 486 g/mol. The average Bonchev–Trinajstić information content (AvgIpc) is 3.71. The van der Waals surface area contributed by atoms with Crippen molar-refractivity contribution in [3.05, 3.63) is 64.3 Å². The standard InChI is InChI=1S/C32H45N5O2/c1-21(2)16-28(25-8-11-27(22(3)17-25)32(38)35-26-9-10-26)31-36-29(33-19-23-6-5-7-23)18-30(37(31)4)34-20-24-12-14-39-15-13-24/h8,11,16-18,23-24,26,33,36H,5-7,9-10,12-15,19-20H2,1-4H3,(H,35,38)/b31-28+,34-30?. The second-order valence-electron chi connectivity index (χ2n) is 11.9. The molecule has 2 heterocycles. The number of nitrogens with zero attached hydrogens (tertiary/aromatic N) is 2. The van der Waals surface area contributed by atoms with E-state index < -0.39 is 0 Å². The summed E-state index contributed by atoms with van der Waals surface area (Å²) >= 11 is 0. The Bertz CT molecular complexity index is 1180. The van der Waals surface area contributed by atoms with Gasteiger partial charge in [-0.2, -0.15) is 0 Å². The van der Waals surface area contributed by atoms with E-state index in [0.29, 0.717) is 12.0 Å². The number of hydrogen-bond acceptors (Lipinski definition) is 5. The van der Waals surface area contributed by atoms with Gasteiger partial charge in [0.05, 0.1) is 0 Å². The predicted molar refractivity (Wildman–Crippen MR) is 158 cm³/mol. The zero-order valence-electron chi connectivity index (χ0n) is 24.1. The van der Waals surface area contributed by atoms with Crippen molar-refractivity contribution in [2.45, 2.75) is 71.8 Å². The van der Waals surface area contributed by atoms with Gasteiger partial charge in [0.2, 0.25) is 0 Å². The van der Waals surface area contributed by atoms with Crippen molar-refractivity contribution >= 4 is 17.3 Å². The van der Waals surface area contributed by atoms with Crippen molar-refractivity contribution in [1.82, 2.24) is 20.9 Å². The van der Waals surface area contributed by atoms with E-state index in [-0.39, 0.29) is 5.91 Å². The molecule has 1 saturated heterocycles. The van der Waals surface area contributed by atoms with E-state index in [2.05, 4.69) is 66.0 Å². The highest BCUT2D eigenvalue weighted by Gasteiger charge is 2.26. The number of aryl methyl sites for hydroxylation is 1. The molecule has 0 aromatic heterocycles. The van der Waals surface area contributed by atoms with Crippen LogP contribution in [0.4, 0.5) is 0 Å². The normalized spacial score (nSPS) is 22.5. The molecule has 4 aliphatic rings. The van der Waals surface area contributed by atoms with Gasteiger partial charge in [0.15, 0.2) is 0 Å². The summed E-state index contributed by atoms with van der Waals surface area (Å²) in [5, 5.41) is 10.5. The number of amides is 1. The number of likely N-dealkylation sites (N-methyl/N-ethyl adjacent to an activating group) is 1. The fourth-order valence-corrected chi connectivity index (χ4v) is 5.34. The summed E-state index contributed by atoms with van der Waals surface area (Å²) in [7, 11) is 2.09. The van der Waals surface area contributed by atoms with Crippen LogP contribution in [-0.4, -0.2) is 56.0 Å². The molecule has 7 heteroatoms. The lowest BCUT2D eigenvalue weighted by Gasteiger charge is -2.34. The molecule has 2 aliphatic carbocycles. The number of nitrogens with one attached hydrogen (secondary N) is 3. The Balaban J connectivity index is 1.47. The van der Waals surface area contributed by atoms with Crippen molar-refractivity contribution in [1.29, 1.82) is 0 Å². The molecule has 1 aromatic carbocycles. The van der Waals surface area contributed by atoms with Crippen LogP contribution in [0.15, 0.2) is 52.6 Å². The summed E-state index contributed by atoms with van der Waals surface area (Å²) in [5.41, 5.74) is 5.11. The molecular formula is C32H45N5O2. The van der Waals surface area contributed by atoms with Crippen molar-refractivity contribution in [3.63, 3.8) is 0 Å².